The average Bonchev–Trinajstić information content (AvgIpc) is 2.20. The first-order valence-electron chi connectivity index (χ1n) is 4.44. The second-order valence-electron chi connectivity index (χ2n) is 3.24. The normalized spacial score (nSPS) is 12.2. The van der Waals surface area contributed by atoms with Gasteiger partial charge in [0.2, 0.25) is 0 Å². The first-order chi connectivity index (χ1) is 6.57. The zero-order valence-electron chi connectivity index (χ0n) is 8.57. The fraction of sp³-hybridized carbons (Fsp3) is 0.364. The number of ether oxygens (including phenoxy) is 1. The van der Waals surface area contributed by atoms with Crippen molar-refractivity contribution in [3.8, 4) is 5.75 Å². The maximum Gasteiger partial charge on any atom is 0.312 e. The van der Waals surface area contributed by atoms with Gasteiger partial charge in [0.25, 0.3) is 0 Å². The van der Waals surface area contributed by atoms with E-state index in [1.165, 1.54) is 7.11 Å². The Hall–Kier alpha value is -1.51. The Morgan fingerprint density at radius 2 is 2.14 bits per heavy atom. The molecule has 0 fully saturated rings. The second kappa shape index (κ2) is 4.13. The van der Waals surface area contributed by atoms with Gasteiger partial charge in [-0.25, -0.2) is 0 Å². The number of carbonyl (C=O) groups is 1. The van der Waals surface area contributed by atoms with Crippen molar-refractivity contribution in [2.24, 2.45) is 0 Å². The first kappa shape index (κ1) is 10.6. The SMILES string of the molecule is COC(=O)C(C)c1cccc(O)c1C. The van der Waals surface area contributed by atoms with Gasteiger partial charge in [0, 0.05) is 0 Å². The summed E-state index contributed by atoms with van der Waals surface area (Å²) in [6, 6.07) is 5.14. The van der Waals surface area contributed by atoms with Crippen LogP contribution in [-0.2, 0) is 9.53 Å². The monoisotopic (exact) mass is 194 g/mol. The number of benzene rings is 1. The Morgan fingerprint density at radius 1 is 1.50 bits per heavy atom. The third-order valence-corrected chi connectivity index (χ3v) is 2.37. The zero-order valence-corrected chi connectivity index (χ0v) is 8.57. The Labute approximate surface area is 83.3 Å². The van der Waals surface area contributed by atoms with Crippen molar-refractivity contribution in [3.05, 3.63) is 29.3 Å². The fourth-order valence-electron chi connectivity index (χ4n) is 1.41. The minimum absolute atomic E-state index is 0.207. The third-order valence-electron chi connectivity index (χ3n) is 2.37. The van der Waals surface area contributed by atoms with Crippen LogP contribution in [0.15, 0.2) is 18.2 Å². The molecule has 0 spiro atoms. The molecule has 1 aromatic rings. The highest BCUT2D eigenvalue weighted by molar-refractivity contribution is 5.78. The van der Waals surface area contributed by atoms with Crippen molar-refractivity contribution in [3.63, 3.8) is 0 Å². The van der Waals surface area contributed by atoms with Crippen molar-refractivity contribution < 1.29 is 14.6 Å². The van der Waals surface area contributed by atoms with Crippen LogP contribution in [0.3, 0.4) is 0 Å². The molecule has 1 atom stereocenters. The van der Waals surface area contributed by atoms with Crippen molar-refractivity contribution in [2.45, 2.75) is 19.8 Å². The molecule has 0 aromatic heterocycles. The molecule has 1 unspecified atom stereocenters. The molecule has 1 N–H and O–H groups in total. The first-order valence-corrected chi connectivity index (χ1v) is 4.44. The predicted octanol–water partition coefficient (Wildman–Crippen LogP) is 1.98. The highest BCUT2D eigenvalue weighted by atomic mass is 16.5. The van der Waals surface area contributed by atoms with Gasteiger partial charge >= 0.3 is 5.97 Å². The number of hydrogen-bond donors (Lipinski definition) is 1. The molecule has 14 heavy (non-hydrogen) atoms. The van der Waals surface area contributed by atoms with Gasteiger partial charge in [-0.05, 0) is 31.0 Å². The summed E-state index contributed by atoms with van der Waals surface area (Å²) >= 11 is 0. The maximum atomic E-state index is 11.3. The smallest absolute Gasteiger partial charge is 0.312 e. The summed E-state index contributed by atoms with van der Waals surface area (Å²) in [7, 11) is 1.36. The summed E-state index contributed by atoms with van der Waals surface area (Å²) in [6.45, 7) is 3.54. The molecular weight excluding hydrogens is 180 g/mol. The van der Waals surface area contributed by atoms with E-state index in [2.05, 4.69) is 4.74 Å². The molecule has 1 aromatic carbocycles. The molecular formula is C11H14O3. The van der Waals surface area contributed by atoms with E-state index < -0.39 is 0 Å². The highest BCUT2D eigenvalue weighted by Gasteiger charge is 2.18. The van der Waals surface area contributed by atoms with Gasteiger partial charge in [-0.2, -0.15) is 0 Å². The van der Waals surface area contributed by atoms with Crippen LogP contribution in [-0.4, -0.2) is 18.2 Å². The number of rotatable bonds is 2. The topological polar surface area (TPSA) is 46.5 Å². The van der Waals surface area contributed by atoms with Crippen LogP contribution in [0, 0.1) is 6.92 Å². The Bertz CT molecular complexity index is 344. The molecule has 0 bridgehead atoms. The van der Waals surface area contributed by atoms with E-state index in [1.54, 1.807) is 26.0 Å². The lowest BCUT2D eigenvalue weighted by Gasteiger charge is -2.12. The van der Waals surface area contributed by atoms with Gasteiger partial charge in [0.05, 0.1) is 13.0 Å². The molecule has 3 nitrogen and oxygen atoms in total. The van der Waals surface area contributed by atoms with E-state index in [9.17, 15) is 9.90 Å². The van der Waals surface area contributed by atoms with E-state index in [4.69, 9.17) is 0 Å². The minimum atomic E-state index is -0.341. The lowest BCUT2D eigenvalue weighted by molar-refractivity contribution is -0.142. The maximum absolute atomic E-state index is 11.3. The summed E-state index contributed by atoms with van der Waals surface area (Å²) in [4.78, 5) is 11.3. The van der Waals surface area contributed by atoms with Crippen molar-refractivity contribution in [1.29, 1.82) is 0 Å². The number of methoxy groups -OCH3 is 1. The lowest BCUT2D eigenvalue weighted by Crippen LogP contribution is -2.11. The van der Waals surface area contributed by atoms with Gasteiger partial charge in [0.1, 0.15) is 5.75 Å². The summed E-state index contributed by atoms with van der Waals surface area (Å²) in [6.07, 6.45) is 0. The second-order valence-corrected chi connectivity index (χ2v) is 3.24. The summed E-state index contributed by atoms with van der Waals surface area (Å²) in [5.74, 6) is -0.427. The largest absolute Gasteiger partial charge is 0.508 e. The van der Waals surface area contributed by atoms with Crippen molar-refractivity contribution in [2.75, 3.05) is 7.11 Å². The highest BCUT2D eigenvalue weighted by Crippen LogP contribution is 2.26. The molecule has 0 aliphatic rings. The van der Waals surface area contributed by atoms with Crippen molar-refractivity contribution >= 4 is 5.97 Å². The molecule has 76 valence electrons. The molecule has 0 radical (unpaired) electrons. The van der Waals surface area contributed by atoms with Gasteiger partial charge < -0.3 is 9.84 Å². The Kier molecular flexibility index (Phi) is 3.12. The minimum Gasteiger partial charge on any atom is -0.508 e. The Balaban J connectivity index is 3.07. The van der Waals surface area contributed by atoms with E-state index in [-0.39, 0.29) is 17.6 Å². The van der Waals surface area contributed by atoms with E-state index in [1.807, 2.05) is 6.07 Å². The number of carbonyl (C=O) groups excluding carboxylic acids is 1. The molecule has 3 heteroatoms. The number of phenolic OH excluding ortho intramolecular Hbond substituents is 1. The van der Waals surface area contributed by atoms with Crippen LogP contribution < -0.4 is 0 Å². The molecule has 0 saturated carbocycles. The molecule has 0 heterocycles. The van der Waals surface area contributed by atoms with E-state index >= 15 is 0 Å². The fourth-order valence-corrected chi connectivity index (χ4v) is 1.41. The molecule has 0 aliphatic carbocycles. The lowest BCUT2D eigenvalue weighted by atomic mass is 9.96. The molecule has 1 rings (SSSR count). The summed E-state index contributed by atoms with van der Waals surface area (Å²) < 4.78 is 4.64. The van der Waals surface area contributed by atoms with Crippen LogP contribution in [0.1, 0.15) is 24.0 Å². The molecule has 0 aliphatic heterocycles. The van der Waals surface area contributed by atoms with E-state index in [0.717, 1.165) is 11.1 Å². The number of phenols is 1. The van der Waals surface area contributed by atoms with Gasteiger partial charge in [-0.3, -0.25) is 4.79 Å². The average molecular weight is 194 g/mol. The third kappa shape index (κ3) is 1.87. The predicted molar refractivity (Wildman–Crippen MR) is 53.3 cm³/mol. The van der Waals surface area contributed by atoms with Gasteiger partial charge in [-0.15, -0.1) is 0 Å². The van der Waals surface area contributed by atoms with Crippen LogP contribution in [0.4, 0.5) is 0 Å². The van der Waals surface area contributed by atoms with Crippen molar-refractivity contribution in [1.82, 2.24) is 0 Å². The van der Waals surface area contributed by atoms with Crippen LogP contribution >= 0.6 is 0 Å². The number of aromatic hydroxyl groups is 1. The zero-order chi connectivity index (χ0) is 10.7. The number of hydrogen-bond acceptors (Lipinski definition) is 3. The standard InChI is InChI=1S/C11H14O3/c1-7-9(5-4-6-10(7)12)8(2)11(13)14-3/h4-6,8,12H,1-3H3. The molecule has 0 saturated heterocycles. The van der Waals surface area contributed by atoms with Crippen LogP contribution in [0.2, 0.25) is 0 Å². The summed E-state index contributed by atoms with van der Waals surface area (Å²) in [5.41, 5.74) is 1.53. The Morgan fingerprint density at radius 3 is 2.71 bits per heavy atom. The van der Waals surface area contributed by atoms with Gasteiger partial charge in [-0.1, -0.05) is 12.1 Å². The quantitative estimate of drug-likeness (QED) is 0.732. The van der Waals surface area contributed by atoms with Gasteiger partial charge in [0.15, 0.2) is 0 Å². The van der Waals surface area contributed by atoms with Crippen LogP contribution in [0.25, 0.3) is 0 Å². The van der Waals surface area contributed by atoms with E-state index in [0.29, 0.717) is 0 Å². The van der Waals surface area contributed by atoms with Crippen LogP contribution in [0.5, 0.6) is 5.75 Å². The summed E-state index contributed by atoms with van der Waals surface area (Å²) in [5, 5.41) is 9.45. The number of esters is 1. The molecule has 0 amide bonds.